The van der Waals surface area contributed by atoms with Gasteiger partial charge in [0.15, 0.2) is 0 Å². The number of piperidine rings is 1. The molecule has 2 heteroatoms. The van der Waals surface area contributed by atoms with E-state index in [4.69, 9.17) is 0 Å². The molecule has 1 saturated heterocycles. The summed E-state index contributed by atoms with van der Waals surface area (Å²) in [6.07, 6.45) is 3.10. The Labute approximate surface area is 94.0 Å². The van der Waals surface area contributed by atoms with Gasteiger partial charge in [0.2, 0.25) is 0 Å². The number of hydrogen-bond donors (Lipinski definition) is 1. The molecular weight excluding hydrogens is 186 g/mol. The summed E-state index contributed by atoms with van der Waals surface area (Å²) in [6.45, 7) is 11.0. The lowest BCUT2D eigenvalue weighted by atomic mass is 9.72. The quantitative estimate of drug-likeness (QED) is 0.735. The maximum atomic E-state index is 11.2. The van der Waals surface area contributed by atoms with E-state index in [-0.39, 0.29) is 0 Å². The van der Waals surface area contributed by atoms with Crippen molar-refractivity contribution in [2.24, 2.45) is 5.92 Å². The van der Waals surface area contributed by atoms with E-state index in [0.717, 1.165) is 6.42 Å². The van der Waals surface area contributed by atoms with Gasteiger partial charge >= 0.3 is 0 Å². The van der Waals surface area contributed by atoms with Crippen molar-refractivity contribution in [1.29, 1.82) is 0 Å². The minimum absolute atomic E-state index is 0.294. The Morgan fingerprint density at radius 2 is 1.60 bits per heavy atom. The summed E-state index contributed by atoms with van der Waals surface area (Å²) in [7, 11) is 2.28. The molecule has 0 radical (unpaired) electrons. The highest BCUT2D eigenvalue weighted by Gasteiger charge is 2.46. The van der Waals surface area contributed by atoms with Gasteiger partial charge in [-0.15, -0.1) is 0 Å². The molecule has 0 atom stereocenters. The van der Waals surface area contributed by atoms with Crippen LogP contribution in [-0.4, -0.2) is 23.9 Å². The van der Waals surface area contributed by atoms with Crippen LogP contribution in [0.5, 0.6) is 0 Å². The van der Waals surface area contributed by atoms with Crippen LogP contribution in [0.25, 0.3) is 0 Å². The number of rotatable bonds is 2. The van der Waals surface area contributed by atoms with E-state index < -0.39 is 0 Å². The molecule has 88 valence electrons. The van der Waals surface area contributed by atoms with Crippen LogP contribution in [0.2, 0.25) is 0 Å². The molecule has 0 amide bonds. The van der Waals surface area contributed by atoms with Gasteiger partial charge in [0.25, 0.3) is 0 Å². The molecule has 0 bridgehead atoms. The molecule has 0 spiro atoms. The van der Waals surface area contributed by atoms with E-state index in [2.05, 4.69) is 34.7 Å². The Kier molecular flexibility index (Phi) is 3.30. The van der Waals surface area contributed by atoms with Crippen LogP contribution in [0.3, 0.4) is 0 Å². The third-order valence-corrected chi connectivity index (χ3v) is 4.20. The molecule has 0 unspecified atom stereocenters. The smallest absolute Gasteiger partial charge is 0.130 e. The van der Waals surface area contributed by atoms with Crippen molar-refractivity contribution in [2.75, 3.05) is 7.05 Å². The zero-order chi connectivity index (χ0) is 11.9. The van der Waals surface area contributed by atoms with Gasteiger partial charge in [0.1, 0.15) is 5.78 Å². The SMILES string of the molecule is CC(=O)CC1CC(C)(C)[NH+](C)C(C)(C)C1. The number of hydrogen-bond acceptors (Lipinski definition) is 1. The van der Waals surface area contributed by atoms with Crippen LogP contribution in [-0.2, 0) is 4.79 Å². The molecule has 1 N–H and O–H groups in total. The van der Waals surface area contributed by atoms with Gasteiger partial charge in [-0.05, 0) is 40.5 Å². The molecule has 2 nitrogen and oxygen atoms in total. The van der Waals surface area contributed by atoms with E-state index in [1.165, 1.54) is 12.8 Å². The van der Waals surface area contributed by atoms with Crippen LogP contribution in [0.4, 0.5) is 0 Å². The van der Waals surface area contributed by atoms with Gasteiger partial charge < -0.3 is 9.69 Å². The Hall–Kier alpha value is -0.370. The van der Waals surface area contributed by atoms with E-state index in [1.54, 1.807) is 11.8 Å². The van der Waals surface area contributed by atoms with Gasteiger partial charge in [-0.2, -0.15) is 0 Å². The molecule has 1 fully saturated rings. The number of carbonyl (C=O) groups excluding carboxylic acids is 1. The second-order valence-corrected chi connectivity index (χ2v) is 6.57. The minimum Gasteiger partial charge on any atom is -0.329 e. The first-order valence-corrected chi connectivity index (χ1v) is 5.99. The number of ketones is 1. The van der Waals surface area contributed by atoms with Gasteiger partial charge in [-0.3, -0.25) is 0 Å². The number of nitrogens with one attached hydrogen (secondary N) is 1. The lowest BCUT2D eigenvalue weighted by Gasteiger charge is -2.50. The Bertz CT molecular complexity index is 237. The molecule has 1 aliphatic heterocycles. The van der Waals surface area contributed by atoms with E-state index in [0.29, 0.717) is 22.8 Å². The van der Waals surface area contributed by atoms with Crippen molar-refractivity contribution >= 4 is 5.78 Å². The van der Waals surface area contributed by atoms with Crippen LogP contribution in [0.1, 0.15) is 53.9 Å². The summed E-state index contributed by atoms with van der Waals surface area (Å²) in [5.74, 6) is 0.919. The zero-order valence-electron chi connectivity index (χ0n) is 11.1. The molecule has 0 aromatic carbocycles. The number of quaternary nitrogens is 1. The lowest BCUT2D eigenvalue weighted by molar-refractivity contribution is -0.983. The fraction of sp³-hybridized carbons (Fsp3) is 0.923. The van der Waals surface area contributed by atoms with Crippen molar-refractivity contribution < 1.29 is 9.69 Å². The molecule has 0 saturated carbocycles. The first-order chi connectivity index (χ1) is 6.65. The Morgan fingerprint density at radius 3 is 1.93 bits per heavy atom. The van der Waals surface area contributed by atoms with E-state index in [9.17, 15) is 4.79 Å². The predicted octanol–water partition coefficient (Wildman–Crippen LogP) is 1.45. The predicted molar refractivity (Wildman–Crippen MR) is 63.1 cm³/mol. The van der Waals surface area contributed by atoms with Crippen molar-refractivity contribution in [3.63, 3.8) is 0 Å². The molecule has 15 heavy (non-hydrogen) atoms. The third-order valence-electron chi connectivity index (χ3n) is 4.20. The normalized spacial score (nSPS) is 33.7. The summed E-state index contributed by atoms with van der Waals surface area (Å²) in [5.41, 5.74) is 0.587. The first kappa shape index (κ1) is 12.7. The van der Waals surface area contributed by atoms with Crippen LogP contribution in [0, 0.1) is 5.92 Å². The second-order valence-electron chi connectivity index (χ2n) is 6.57. The molecule has 0 aromatic heterocycles. The summed E-state index contributed by atoms with van der Waals surface area (Å²) in [4.78, 5) is 12.8. The lowest BCUT2D eigenvalue weighted by Crippen LogP contribution is -3.24. The van der Waals surface area contributed by atoms with Gasteiger partial charge in [0, 0.05) is 19.3 Å². The highest BCUT2D eigenvalue weighted by Crippen LogP contribution is 2.30. The summed E-state index contributed by atoms with van der Waals surface area (Å²) in [5, 5.41) is 0. The molecular formula is C13H26NO+. The van der Waals surface area contributed by atoms with Crippen molar-refractivity contribution in [3.8, 4) is 0 Å². The molecule has 1 rings (SSSR count). The average molecular weight is 212 g/mol. The summed E-state index contributed by atoms with van der Waals surface area (Å²) in [6, 6.07) is 0. The highest BCUT2D eigenvalue weighted by molar-refractivity contribution is 5.75. The fourth-order valence-electron chi connectivity index (χ4n) is 3.29. The monoisotopic (exact) mass is 212 g/mol. The first-order valence-electron chi connectivity index (χ1n) is 5.99. The molecule has 0 aliphatic carbocycles. The van der Waals surface area contributed by atoms with Gasteiger partial charge in [-0.25, -0.2) is 0 Å². The topological polar surface area (TPSA) is 21.5 Å². The van der Waals surface area contributed by atoms with Crippen LogP contribution in [0.15, 0.2) is 0 Å². The average Bonchev–Trinajstić information content (AvgIpc) is 1.97. The van der Waals surface area contributed by atoms with Gasteiger partial charge in [0.05, 0.1) is 18.1 Å². The molecule has 0 aromatic rings. The summed E-state index contributed by atoms with van der Waals surface area (Å²) < 4.78 is 0. The Morgan fingerprint density at radius 1 is 1.20 bits per heavy atom. The van der Waals surface area contributed by atoms with Crippen LogP contribution >= 0.6 is 0 Å². The second kappa shape index (κ2) is 3.89. The van der Waals surface area contributed by atoms with E-state index >= 15 is 0 Å². The number of likely N-dealkylation sites (tertiary alicyclic amines) is 1. The maximum absolute atomic E-state index is 11.2. The largest absolute Gasteiger partial charge is 0.329 e. The molecule has 1 heterocycles. The van der Waals surface area contributed by atoms with E-state index in [1.807, 2.05) is 0 Å². The fourth-order valence-corrected chi connectivity index (χ4v) is 3.29. The standard InChI is InChI=1S/C13H25NO/c1-10(15)7-11-8-12(2,3)14(6)13(4,5)9-11/h11H,7-9H2,1-6H3/p+1. The third kappa shape index (κ3) is 2.81. The number of Topliss-reactive ketones (excluding diaryl/α,β-unsaturated/α-hetero) is 1. The van der Waals surface area contributed by atoms with Crippen molar-refractivity contribution in [2.45, 2.75) is 65.0 Å². The number of carbonyl (C=O) groups is 1. The van der Waals surface area contributed by atoms with Crippen LogP contribution < -0.4 is 4.90 Å². The van der Waals surface area contributed by atoms with Gasteiger partial charge in [-0.1, -0.05) is 0 Å². The molecule has 1 aliphatic rings. The van der Waals surface area contributed by atoms with Crippen molar-refractivity contribution in [1.82, 2.24) is 0 Å². The zero-order valence-corrected chi connectivity index (χ0v) is 11.1. The van der Waals surface area contributed by atoms with Crippen molar-refractivity contribution in [3.05, 3.63) is 0 Å². The Balaban J connectivity index is 2.79. The maximum Gasteiger partial charge on any atom is 0.130 e. The minimum atomic E-state index is 0.294. The summed E-state index contributed by atoms with van der Waals surface area (Å²) >= 11 is 0. The highest BCUT2D eigenvalue weighted by atomic mass is 16.1.